The first-order valence-corrected chi connectivity index (χ1v) is 7.36. The maximum Gasteiger partial charge on any atom is 0.122 e. The maximum absolute atomic E-state index is 5.61. The van der Waals surface area contributed by atoms with Gasteiger partial charge in [0.1, 0.15) is 5.76 Å². The van der Waals surface area contributed by atoms with Crippen molar-refractivity contribution in [2.24, 2.45) is 0 Å². The summed E-state index contributed by atoms with van der Waals surface area (Å²) in [4.78, 5) is 2.46. The average Bonchev–Trinajstić information content (AvgIpc) is 3.07. The van der Waals surface area contributed by atoms with E-state index >= 15 is 0 Å². The Bertz CT molecular complexity index is 313. The SMILES string of the molecule is CCN(CC)C(CNC1CCCC1)c1ccco1. The van der Waals surface area contributed by atoms with Crippen LogP contribution in [0.4, 0.5) is 0 Å². The molecule has 0 radical (unpaired) electrons. The van der Waals surface area contributed by atoms with Crippen molar-refractivity contribution in [3.63, 3.8) is 0 Å². The molecule has 0 aromatic carbocycles. The molecule has 1 unspecified atom stereocenters. The Kier molecular flexibility index (Phi) is 5.26. The van der Waals surface area contributed by atoms with E-state index in [2.05, 4.69) is 30.1 Å². The third kappa shape index (κ3) is 3.36. The van der Waals surface area contributed by atoms with Crippen LogP contribution < -0.4 is 5.32 Å². The van der Waals surface area contributed by atoms with Crippen LogP contribution >= 0.6 is 0 Å². The molecule has 1 aliphatic carbocycles. The lowest BCUT2D eigenvalue weighted by molar-refractivity contribution is 0.184. The fraction of sp³-hybridized carbons (Fsp3) is 0.733. The van der Waals surface area contributed by atoms with Crippen molar-refractivity contribution in [3.8, 4) is 0 Å². The van der Waals surface area contributed by atoms with E-state index in [1.807, 2.05) is 6.07 Å². The van der Waals surface area contributed by atoms with E-state index in [1.54, 1.807) is 6.26 Å². The highest BCUT2D eigenvalue weighted by atomic mass is 16.3. The molecule has 3 heteroatoms. The summed E-state index contributed by atoms with van der Waals surface area (Å²) in [6, 6.07) is 5.18. The van der Waals surface area contributed by atoms with Crippen molar-refractivity contribution in [1.82, 2.24) is 10.2 Å². The van der Waals surface area contributed by atoms with Gasteiger partial charge in [0.05, 0.1) is 12.3 Å². The molecular formula is C15H26N2O. The third-order valence-corrected chi connectivity index (χ3v) is 4.08. The first kappa shape index (κ1) is 13.6. The number of furan rings is 1. The van der Waals surface area contributed by atoms with Crippen LogP contribution in [0.15, 0.2) is 22.8 Å². The molecule has 1 saturated carbocycles. The molecule has 0 aliphatic heterocycles. The monoisotopic (exact) mass is 250 g/mol. The van der Waals surface area contributed by atoms with E-state index in [0.29, 0.717) is 6.04 Å². The lowest BCUT2D eigenvalue weighted by Gasteiger charge is -2.29. The van der Waals surface area contributed by atoms with Crippen LogP contribution in [-0.2, 0) is 0 Å². The summed E-state index contributed by atoms with van der Waals surface area (Å²) in [7, 11) is 0. The fourth-order valence-corrected chi connectivity index (χ4v) is 2.96. The first-order chi connectivity index (χ1) is 8.85. The van der Waals surface area contributed by atoms with Crippen LogP contribution in [-0.4, -0.2) is 30.6 Å². The Morgan fingerprint density at radius 3 is 2.61 bits per heavy atom. The van der Waals surface area contributed by atoms with Gasteiger partial charge in [0, 0.05) is 12.6 Å². The predicted molar refractivity (Wildman–Crippen MR) is 74.6 cm³/mol. The Balaban J connectivity index is 1.95. The number of rotatable bonds is 7. The molecule has 1 aromatic heterocycles. The third-order valence-electron chi connectivity index (χ3n) is 4.08. The van der Waals surface area contributed by atoms with Gasteiger partial charge in [0.2, 0.25) is 0 Å². The molecule has 1 heterocycles. The zero-order chi connectivity index (χ0) is 12.8. The van der Waals surface area contributed by atoms with Gasteiger partial charge in [-0.2, -0.15) is 0 Å². The second-order valence-corrected chi connectivity index (χ2v) is 5.14. The smallest absolute Gasteiger partial charge is 0.122 e. The molecule has 2 rings (SSSR count). The normalized spacial score (nSPS) is 18.6. The van der Waals surface area contributed by atoms with Crippen LogP contribution in [0.1, 0.15) is 51.3 Å². The molecule has 0 spiro atoms. The standard InChI is InChI=1S/C15H26N2O/c1-3-17(4-2)14(15-10-7-11-18-15)12-16-13-8-5-6-9-13/h7,10-11,13-14,16H,3-6,8-9,12H2,1-2H3. The number of hydrogen-bond acceptors (Lipinski definition) is 3. The topological polar surface area (TPSA) is 28.4 Å². The van der Waals surface area contributed by atoms with E-state index in [1.165, 1.54) is 25.7 Å². The highest BCUT2D eigenvalue weighted by Gasteiger charge is 2.22. The van der Waals surface area contributed by atoms with Crippen LogP contribution in [0.2, 0.25) is 0 Å². The molecule has 3 nitrogen and oxygen atoms in total. The van der Waals surface area contributed by atoms with Crippen LogP contribution in [0, 0.1) is 0 Å². The summed E-state index contributed by atoms with van der Waals surface area (Å²) in [6.07, 6.45) is 7.22. The Labute approximate surface area is 111 Å². The predicted octanol–water partition coefficient (Wildman–Crippen LogP) is 3.19. The molecule has 0 bridgehead atoms. The maximum atomic E-state index is 5.61. The Morgan fingerprint density at radius 2 is 2.06 bits per heavy atom. The van der Waals surface area contributed by atoms with Crippen molar-refractivity contribution in [3.05, 3.63) is 24.2 Å². The van der Waals surface area contributed by atoms with Crippen LogP contribution in [0.5, 0.6) is 0 Å². The minimum Gasteiger partial charge on any atom is -0.468 e. The summed E-state index contributed by atoms with van der Waals surface area (Å²) in [5.74, 6) is 1.09. The molecule has 1 aromatic rings. The lowest BCUT2D eigenvalue weighted by Crippen LogP contribution is -2.38. The zero-order valence-corrected chi connectivity index (χ0v) is 11.7. The number of likely N-dealkylation sites (N-methyl/N-ethyl adjacent to an activating group) is 1. The van der Waals surface area contributed by atoms with Gasteiger partial charge in [-0.05, 0) is 38.1 Å². The van der Waals surface area contributed by atoms with Gasteiger partial charge in [0.15, 0.2) is 0 Å². The highest BCUT2D eigenvalue weighted by Crippen LogP contribution is 2.22. The largest absolute Gasteiger partial charge is 0.468 e. The van der Waals surface area contributed by atoms with Gasteiger partial charge in [-0.25, -0.2) is 0 Å². The summed E-state index contributed by atoms with van der Waals surface area (Å²) in [5.41, 5.74) is 0. The molecule has 1 N–H and O–H groups in total. The molecule has 0 saturated heterocycles. The van der Waals surface area contributed by atoms with Crippen molar-refractivity contribution >= 4 is 0 Å². The molecule has 1 atom stereocenters. The number of nitrogens with zero attached hydrogens (tertiary/aromatic N) is 1. The second kappa shape index (κ2) is 6.95. The minimum atomic E-state index is 0.371. The molecular weight excluding hydrogens is 224 g/mol. The van der Waals surface area contributed by atoms with Gasteiger partial charge in [-0.3, -0.25) is 4.90 Å². The van der Waals surface area contributed by atoms with Crippen molar-refractivity contribution in [1.29, 1.82) is 0 Å². The van der Waals surface area contributed by atoms with Gasteiger partial charge < -0.3 is 9.73 Å². The van der Waals surface area contributed by atoms with Gasteiger partial charge in [-0.15, -0.1) is 0 Å². The molecule has 1 fully saturated rings. The number of nitrogens with one attached hydrogen (secondary N) is 1. The molecule has 18 heavy (non-hydrogen) atoms. The first-order valence-electron chi connectivity index (χ1n) is 7.36. The summed E-state index contributed by atoms with van der Waals surface area (Å²) in [6.45, 7) is 7.56. The van der Waals surface area contributed by atoms with Crippen molar-refractivity contribution < 1.29 is 4.42 Å². The quantitative estimate of drug-likeness (QED) is 0.805. The Morgan fingerprint density at radius 1 is 1.33 bits per heavy atom. The average molecular weight is 250 g/mol. The summed E-state index contributed by atoms with van der Waals surface area (Å²) < 4.78 is 5.61. The molecule has 1 aliphatic rings. The van der Waals surface area contributed by atoms with Crippen LogP contribution in [0.25, 0.3) is 0 Å². The van der Waals surface area contributed by atoms with E-state index < -0.39 is 0 Å². The van der Waals surface area contributed by atoms with E-state index in [-0.39, 0.29) is 0 Å². The molecule has 102 valence electrons. The summed E-state index contributed by atoms with van der Waals surface area (Å²) >= 11 is 0. The lowest BCUT2D eigenvalue weighted by atomic mass is 10.1. The van der Waals surface area contributed by atoms with E-state index in [9.17, 15) is 0 Å². The van der Waals surface area contributed by atoms with Crippen LogP contribution in [0.3, 0.4) is 0 Å². The van der Waals surface area contributed by atoms with Crippen molar-refractivity contribution in [2.75, 3.05) is 19.6 Å². The second-order valence-electron chi connectivity index (χ2n) is 5.14. The zero-order valence-electron chi connectivity index (χ0n) is 11.7. The fourth-order valence-electron chi connectivity index (χ4n) is 2.96. The highest BCUT2D eigenvalue weighted by molar-refractivity contribution is 5.05. The van der Waals surface area contributed by atoms with E-state index in [4.69, 9.17) is 4.42 Å². The van der Waals surface area contributed by atoms with E-state index in [0.717, 1.165) is 31.4 Å². The number of hydrogen-bond donors (Lipinski definition) is 1. The summed E-state index contributed by atoms with van der Waals surface area (Å²) in [5, 5.41) is 3.72. The molecule has 0 amide bonds. The Hall–Kier alpha value is -0.800. The minimum absolute atomic E-state index is 0.371. The van der Waals surface area contributed by atoms with Crippen molar-refractivity contribution in [2.45, 2.75) is 51.6 Å². The van der Waals surface area contributed by atoms with Gasteiger partial charge >= 0.3 is 0 Å². The van der Waals surface area contributed by atoms with Gasteiger partial charge in [0.25, 0.3) is 0 Å². The van der Waals surface area contributed by atoms with Gasteiger partial charge in [-0.1, -0.05) is 26.7 Å².